The average molecular weight is 180 g/mol. The molecule has 0 unspecified atom stereocenters. The minimum Gasteiger partial charge on any atom is -0.264 e. The highest BCUT2D eigenvalue weighted by molar-refractivity contribution is 7.79. The van der Waals surface area contributed by atoms with Gasteiger partial charge in [0, 0.05) is 0 Å². The second-order valence-corrected chi connectivity index (χ2v) is 1.41. The van der Waals surface area contributed by atoms with Gasteiger partial charge in [0.1, 0.15) is 0 Å². The number of rotatable bonds is 0. The van der Waals surface area contributed by atoms with Gasteiger partial charge in [0.25, 0.3) is 0 Å². The molecule has 9 nitrogen and oxygen atoms in total. The van der Waals surface area contributed by atoms with Crippen LogP contribution in [0.25, 0.3) is 0 Å². The summed E-state index contributed by atoms with van der Waals surface area (Å²) in [6, 6.07) is 0. The molecular formula is H4O9S. The van der Waals surface area contributed by atoms with Crippen molar-refractivity contribution in [1.82, 2.24) is 0 Å². The summed E-state index contributed by atoms with van der Waals surface area (Å²) < 4.78 is 33.3. The van der Waals surface area contributed by atoms with Crippen LogP contribution in [0.2, 0.25) is 0 Å². The van der Waals surface area contributed by atoms with Crippen molar-refractivity contribution >= 4 is 10.4 Å². The van der Waals surface area contributed by atoms with Gasteiger partial charge >= 0.3 is 10.4 Å². The molecule has 0 aromatic rings. The van der Waals surface area contributed by atoms with Crippen LogP contribution < -0.4 is 5.26 Å². The second kappa shape index (κ2) is 11.0. The highest BCUT2D eigenvalue weighted by Gasteiger charge is 1.84. The molecule has 0 aromatic carbocycles. The van der Waals surface area contributed by atoms with E-state index in [4.69, 9.17) is 38.3 Å². The van der Waals surface area contributed by atoms with Crippen molar-refractivity contribution < 1.29 is 33.3 Å². The summed E-state index contributed by atoms with van der Waals surface area (Å²) in [5.74, 6) is 0. The van der Waals surface area contributed by atoms with Gasteiger partial charge in [0.15, 0.2) is 4.75 Å². The molecule has 0 aliphatic rings. The normalized spacial score (nSPS) is 7.60. The van der Waals surface area contributed by atoms with E-state index in [0.717, 1.165) is 0 Å². The standard InChI is InChI=1S/H2O4S.O3.H2O2/c1-5(2,3)4;1-3-2;1-2/h(H2,1,2,3,4);;1-2H. The van der Waals surface area contributed by atoms with E-state index in [2.05, 4.69) is 0 Å². The first-order valence-electron chi connectivity index (χ1n) is 1.23. The van der Waals surface area contributed by atoms with Crippen LogP contribution >= 0.6 is 0 Å². The smallest absolute Gasteiger partial charge is 0.264 e. The highest BCUT2D eigenvalue weighted by Crippen LogP contribution is 1.59. The molecule has 0 aliphatic heterocycles. The van der Waals surface area contributed by atoms with Crippen molar-refractivity contribution in [2.24, 2.45) is 0 Å². The third-order valence-corrected chi connectivity index (χ3v) is 0. The van der Waals surface area contributed by atoms with E-state index in [-0.39, 0.29) is 0 Å². The van der Waals surface area contributed by atoms with Crippen molar-refractivity contribution in [2.45, 2.75) is 0 Å². The number of hydrogen-bond acceptors (Lipinski definition) is 6. The van der Waals surface area contributed by atoms with Crippen LogP contribution in [-0.2, 0) is 10.4 Å². The maximum atomic E-state index is 8.74. The SMILES string of the molecule is O=S(=O)(O)O.O=[O+][O-].OO. The molecule has 0 heterocycles. The molecule has 0 atom stereocenters. The molecule has 0 bridgehead atoms. The Kier molecular flexibility index (Phi) is 17.8. The molecule has 0 fully saturated rings. The van der Waals surface area contributed by atoms with Gasteiger partial charge in [-0.15, -0.1) is 0 Å². The Morgan fingerprint density at radius 2 is 1.20 bits per heavy atom. The maximum absolute atomic E-state index is 8.74. The fraction of sp³-hybridized carbons (Fsp3) is 0. The summed E-state index contributed by atoms with van der Waals surface area (Å²) in [6.07, 6.45) is 0. The predicted molar refractivity (Wildman–Crippen MR) is 26.2 cm³/mol. The van der Waals surface area contributed by atoms with Gasteiger partial charge < -0.3 is 0 Å². The molecular weight excluding hydrogens is 176 g/mol. The molecule has 0 radical (unpaired) electrons. The van der Waals surface area contributed by atoms with E-state index in [1.165, 1.54) is 0 Å². The minimum absolute atomic E-state index is 1.75. The van der Waals surface area contributed by atoms with E-state index >= 15 is 0 Å². The fourth-order valence-corrected chi connectivity index (χ4v) is 0. The third-order valence-electron chi connectivity index (χ3n) is 0. The van der Waals surface area contributed by atoms with Crippen LogP contribution in [0.15, 0.2) is 0 Å². The van der Waals surface area contributed by atoms with Gasteiger partial charge in [0.2, 0.25) is 0 Å². The Labute approximate surface area is 54.5 Å². The van der Waals surface area contributed by atoms with Crippen LogP contribution in [0.1, 0.15) is 0 Å². The van der Waals surface area contributed by atoms with Crippen molar-refractivity contribution in [2.75, 3.05) is 0 Å². The van der Waals surface area contributed by atoms with Gasteiger partial charge in [-0.05, 0) is 0 Å². The molecule has 10 heavy (non-hydrogen) atoms. The average Bonchev–Trinajstić information content (AvgIpc) is 1.68. The summed E-state index contributed by atoms with van der Waals surface area (Å²) in [5, 5.41) is 19.9. The molecule has 0 saturated heterocycles. The predicted octanol–water partition coefficient (Wildman–Crippen LogP) is -1.76. The Hall–Kier alpha value is -0.810. The third kappa shape index (κ3) is 420. The van der Waals surface area contributed by atoms with Crippen molar-refractivity contribution in [3.63, 3.8) is 0 Å². The lowest BCUT2D eigenvalue weighted by atomic mass is 14.8. The first-order chi connectivity index (χ1) is 4.41. The van der Waals surface area contributed by atoms with E-state index in [1.807, 2.05) is 0 Å². The molecule has 0 saturated carbocycles. The van der Waals surface area contributed by atoms with Gasteiger partial charge in [0.05, 0.1) is 0 Å². The molecule has 4 N–H and O–H groups in total. The molecule has 10 heteroatoms. The van der Waals surface area contributed by atoms with Gasteiger partial charge in [-0.1, -0.05) is 10.2 Å². The highest BCUT2D eigenvalue weighted by atomic mass is 32.3. The summed E-state index contributed by atoms with van der Waals surface area (Å²) in [5.41, 5.74) is 0. The van der Waals surface area contributed by atoms with Gasteiger partial charge in [-0.2, -0.15) is 8.42 Å². The van der Waals surface area contributed by atoms with Crippen molar-refractivity contribution in [3.8, 4) is 0 Å². The molecule has 0 spiro atoms. The topological polar surface area (TPSA) is 166 Å². The molecule has 0 aliphatic carbocycles. The maximum Gasteiger partial charge on any atom is 0.394 e. The van der Waals surface area contributed by atoms with Crippen molar-refractivity contribution in [1.29, 1.82) is 0 Å². The zero-order valence-electron chi connectivity index (χ0n) is 4.24. The first kappa shape index (κ1) is 16.1. The van der Waals surface area contributed by atoms with Gasteiger partial charge in [-0.25, -0.2) is 0 Å². The van der Waals surface area contributed by atoms with E-state index in [1.54, 1.807) is 4.75 Å². The Morgan fingerprint density at radius 1 is 1.20 bits per heavy atom. The summed E-state index contributed by atoms with van der Waals surface area (Å²) in [6.45, 7) is 0. The Morgan fingerprint density at radius 3 is 1.20 bits per heavy atom. The summed E-state index contributed by atoms with van der Waals surface area (Å²) >= 11 is 0. The summed E-state index contributed by atoms with van der Waals surface area (Å²) in [4.78, 5) is 7.88. The monoisotopic (exact) mass is 180 g/mol. The quantitative estimate of drug-likeness (QED) is 0.147. The lowest BCUT2D eigenvalue weighted by molar-refractivity contribution is -0.284. The van der Waals surface area contributed by atoms with Crippen LogP contribution in [0, 0.1) is 9.71 Å². The van der Waals surface area contributed by atoms with Crippen LogP contribution in [-0.4, -0.2) is 28.0 Å². The fourth-order valence-electron chi connectivity index (χ4n) is 0. The van der Waals surface area contributed by atoms with Crippen LogP contribution in [0.4, 0.5) is 0 Å². The van der Waals surface area contributed by atoms with Crippen molar-refractivity contribution in [3.05, 3.63) is 9.71 Å². The largest absolute Gasteiger partial charge is 0.394 e. The van der Waals surface area contributed by atoms with Crippen LogP contribution in [0.3, 0.4) is 0 Å². The summed E-state index contributed by atoms with van der Waals surface area (Å²) in [7, 11) is -4.67. The lowest BCUT2D eigenvalue weighted by Gasteiger charge is -1.68. The molecule has 64 valence electrons. The number of hydrogen-bond donors (Lipinski definition) is 4. The Bertz CT molecular complexity index is 119. The lowest BCUT2D eigenvalue weighted by Crippen LogP contribution is -1.89. The molecule has 0 amide bonds. The Balaban J connectivity index is -0.0000000847. The zero-order chi connectivity index (χ0) is 9.21. The first-order valence-corrected chi connectivity index (χ1v) is 2.63. The molecule has 0 aromatic heterocycles. The van der Waals surface area contributed by atoms with E-state index in [0.29, 0.717) is 0 Å². The van der Waals surface area contributed by atoms with Gasteiger partial charge in [-0.3, -0.25) is 19.6 Å². The second-order valence-electron chi connectivity index (χ2n) is 0.516. The van der Waals surface area contributed by atoms with Crippen LogP contribution in [0.5, 0.6) is 0 Å². The zero-order valence-corrected chi connectivity index (χ0v) is 5.05. The van der Waals surface area contributed by atoms with E-state index < -0.39 is 10.4 Å². The van der Waals surface area contributed by atoms with E-state index in [9.17, 15) is 0 Å². The molecule has 0 rings (SSSR count). The minimum atomic E-state index is -4.67.